The number of hydrogen-bond donors (Lipinski definition) is 1. The van der Waals surface area contributed by atoms with E-state index in [0.29, 0.717) is 6.54 Å². The van der Waals surface area contributed by atoms with Gasteiger partial charge in [-0.05, 0) is 31.5 Å². The summed E-state index contributed by atoms with van der Waals surface area (Å²) in [5, 5.41) is 9.42. The summed E-state index contributed by atoms with van der Waals surface area (Å²) >= 11 is 0. The highest BCUT2D eigenvalue weighted by atomic mass is 15.1. The largest absolute Gasteiger partial charge is 0.330 e. The number of benzene rings is 1. The van der Waals surface area contributed by atoms with Crippen LogP contribution in [0.4, 0.5) is 0 Å². The predicted molar refractivity (Wildman–Crippen MR) is 57.0 cm³/mol. The normalized spacial score (nSPS) is 10.7. The molecule has 1 aromatic heterocycles. The summed E-state index contributed by atoms with van der Waals surface area (Å²) in [5.41, 5.74) is 8.72. The fourth-order valence-electron chi connectivity index (χ4n) is 1.66. The van der Waals surface area contributed by atoms with Gasteiger partial charge in [-0.15, -0.1) is 0 Å². The Balaban J connectivity index is 2.69. The Morgan fingerprint density at radius 3 is 2.79 bits per heavy atom. The third kappa shape index (κ3) is 1.46. The molecule has 0 radical (unpaired) electrons. The lowest BCUT2D eigenvalue weighted by atomic mass is 10.1. The molecule has 2 N–H and O–H groups in total. The molecule has 3 nitrogen and oxygen atoms in total. The van der Waals surface area contributed by atoms with Crippen molar-refractivity contribution in [2.75, 3.05) is 6.54 Å². The first-order valence-corrected chi connectivity index (χ1v) is 4.74. The maximum atomic E-state index is 5.57. The summed E-state index contributed by atoms with van der Waals surface area (Å²) in [5.74, 6) is 0. The number of rotatable bonds is 2. The maximum absolute atomic E-state index is 5.57. The van der Waals surface area contributed by atoms with Gasteiger partial charge < -0.3 is 5.73 Å². The Kier molecular flexibility index (Phi) is 2.41. The number of aryl methyl sites for hydroxylation is 1. The van der Waals surface area contributed by atoms with Gasteiger partial charge in [-0.1, -0.05) is 18.2 Å². The van der Waals surface area contributed by atoms with Crippen LogP contribution >= 0.6 is 0 Å². The second-order valence-electron chi connectivity index (χ2n) is 3.32. The zero-order valence-electron chi connectivity index (χ0n) is 8.20. The van der Waals surface area contributed by atoms with Gasteiger partial charge in [0.1, 0.15) is 0 Å². The van der Waals surface area contributed by atoms with E-state index in [0.717, 1.165) is 17.6 Å². The summed E-state index contributed by atoms with van der Waals surface area (Å²) < 4.78 is 0. The van der Waals surface area contributed by atoms with Crippen molar-refractivity contribution in [1.82, 2.24) is 10.2 Å². The van der Waals surface area contributed by atoms with E-state index in [-0.39, 0.29) is 0 Å². The number of hydrogen-bond acceptors (Lipinski definition) is 3. The van der Waals surface area contributed by atoms with Gasteiger partial charge in [-0.25, -0.2) is 0 Å². The van der Waals surface area contributed by atoms with Gasteiger partial charge in [0.2, 0.25) is 0 Å². The van der Waals surface area contributed by atoms with E-state index in [9.17, 15) is 0 Å². The van der Waals surface area contributed by atoms with Crippen LogP contribution in [0.15, 0.2) is 24.3 Å². The number of nitrogens with two attached hydrogens (primary N) is 1. The quantitative estimate of drug-likeness (QED) is 0.774. The molecule has 14 heavy (non-hydrogen) atoms. The highest BCUT2D eigenvalue weighted by molar-refractivity contribution is 5.82. The summed E-state index contributed by atoms with van der Waals surface area (Å²) in [6, 6.07) is 8.03. The Morgan fingerprint density at radius 2 is 2.00 bits per heavy atom. The van der Waals surface area contributed by atoms with Crippen molar-refractivity contribution in [1.29, 1.82) is 0 Å². The first-order chi connectivity index (χ1) is 6.83. The molecule has 1 aromatic carbocycles. The van der Waals surface area contributed by atoms with Crippen LogP contribution in [0.1, 0.15) is 11.3 Å². The SMILES string of the molecule is Cc1nnc2ccccc2c1CCN. The van der Waals surface area contributed by atoms with E-state index in [2.05, 4.69) is 16.3 Å². The second-order valence-corrected chi connectivity index (χ2v) is 3.32. The molecule has 0 aliphatic rings. The zero-order chi connectivity index (χ0) is 9.97. The molecule has 3 heteroatoms. The summed E-state index contributed by atoms with van der Waals surface area (Å²) in [7, 11) is 0. The van der Waals surface area contributed by atoms with Gasteiger partial charge >= 0.3 is 0 Å². The molecule has 1 heterocycles. The first kappa shape index (κ1) is 9.09. The van der Waals surface area contributed by atoms with E-state index in [4.69, 9.17) is 5.73 Å². The Labute approximate surface area is 83.0 Å². The minimum atomic E-state index is 0.649. The Hall–Kier alpha value is -1.48. The minimum Gasteiger partial charge on any atom is -0.330 e. The molecule has 0 unspecified atom stereocenters. The van der Waals surface area contributed by atoms with E-state index < -0.39 is 0 Å². The topological polar surface area (TPSA) is 51.8 Å². The lowest BCUT2D eigenvalue weighted by molar-refractivity contribution is 0.918. The third-order valence-electron chi connectivity index (χ3n) is 2.37. The van der Waals surface area contributed by atoms with Crippen LogP contribution in [0.3, 0.4) is 0 Å². The molecule has 0 saturated carbocycles. The standard InChI is InChI=1S/C11H13N3/c1-8-9(6-7-12)10-4-2-3-5-11(10)14-13-8/h2-5H,6-7,12H2,1H3. The van der Waals surface area contributed by atoms with Crippen LogP contribution < -0.4 is 5.73 Å². The molecule has 0 bridgehead atoms. The molecular formula is C11H13N3. The monoisotopic (exact) mass is 187 g/mol. The number of aromatic nitrogens is 2. The van der Waals surface area contributed by atoms with Gasteiger partial charge in [-0.3, -0.25) is 0 Å². The van der Waals surface area contributed by atoms with Crippen molar-refractivity contribution in [2.45, 2.75) is 13.3 Å². The first-order valence-electron chi connectivity index (χ1n) is 4.74. The fraction of sp³-hybridized carbons (Fsp3) is 0.273. The molecule has 0 aliphatic heterocycles. The van der Waals surface area contributed by atoms with E-state index in [1.807, 2.05) is 25.1 Å². The van der Waals surface area contributed by atoms with Crippen LogP contribution in [0.2, 0.25) is 0 Å². The average molecular weight is 187 g/mol. The maximum Gasteiger partial charge on any atom is 0.0932 e. The van der Waals surface area contributed by atoms with E-state index >= 15 is 0 Å². The predicted octanol–water partition coefficient (Wildman–Crippen LogP) is 1.44. The van der Waals surface area contributed by atoms with Crippen LogP contribution in [0.25, 0.3) is 10.9 Å². The Morgan fingerprint density at radius 1 is 1.21 bits per heavy atom. The molecule has 0 amide bonds. The van der Waals surface area contributed by atoms with Crippen molar-refractivity contribution in [3.05, 3.63) is 35.5 Å². The number of nitrogens with zero attached hydrogens (tertiary/aromatic N) is 2. The molecule has 0 fully saturated rings. The summed E-state index contributed by atoms with van der Waals surface area (Å²) in [4.78, 5) is 0. The smallest absolute Gasteiger partial charge is 0.0932 e. The van der Waals surface area contributed by atoms with Gasteiger partial charge in [0, 0.05) is 5.39 Å². The summed E-state index contributed by atoms with van der Waals surface area (Å²) in [6.07, 6.45) is 0.863. The number of fused-ring (bicyclic) bond motifs is 1. The van der Waals surface area contributed by atoms with Gasteiger partial charge in [0.25, 0.3) is 0 Å². The van der Waals surface area contributed by atoms with Crippen LogP contribution in [-0.4, -0.2) is 16.7 Å². The minimum absolute atomic E-state index is 0.649. The lowest BCUT2D eigenvalue weighted by Gasteiger charge is -2.06. The average Bonchev–Trinajstić information content (AvgIpc) is 2.23. The second kappa shape index (κ2) is 3.72. The molecule has 72 valence electrons. The highest BCUT2D eigenvalue weighted by Crippen LogP contribution is 2.18. The van der Waals surface area contributed by atoms with Crippen molar-refractivity contribution in [3.8, 4) is 0 Å². The lowest BCUT2D eigenvalue weighted by Crippen LogP contribution is -2.06. The van der Waals surface area contributed by atoms with Crippen molar-refractivity contribution in [3.63, 3.8) is 0 Å². The van der Waals surface area contributed by atoms with Crippen LogP contribution in [0.5, 0.6) is 0 Å². The van der Waals surface area contributed by atoms with Gasteiger partial charge in [-0.2, -0.15) is 10.2 Å². The van der Waals surface area contributed by atoms with Crippen LogP contribution in [0, 0.1) is 6.92 Å². The van der Waals surface area contributed by atoms with Gasteiger partial charge in [0.15, 0.2) is 0 Å². The van der Waals surface area contributed by atoms with Crippen LogP contribution in [-0.2, 0) is 6.42 Å². The molecular weight excluding hydrogens is 174 g/mol. The fourth-order valence-corrected chi connectivity index (χ4v) is 1.66. The molecule has 0 spiro atoms. The Bertz CT molecular complexity index is 451. The summed E-state index contributed by atoms with van der Waals surface area (Å²) in [6.45, 7) is 2.63. The van der Waals surface area contributed by atoms with Crippen molar-refractivity contribution >= 4 is 10.9 Å². The van der Waals surface area contributed by atoms with E-state index in [1.54, 1.807) is 0 Å². The molecule has 0 saturated heterocycles. The zero-order valence-corrected chi connectivity index (χ0v) is 8.20. The highest BCUT2D eigenvalue weighted by Gasteiger charge is 2.05. The molecule has 2 aromatic rings. The van der Waals surface area contributed by atoms with E-state index in [1.165, 1.54) is 10.9 Å². The van der Waals surface area contributed by atoms with Gasteiger partial charge in [0.05, 0.1) is 11.2 Å². The van der Waals surface area contributed by atoms with Crippen molar-refractivity contribution in [2.24, 2.45) is 5.73 Å². The van der Waals surface area contributed by atoms with Crippen molar-refractivity contribution < 1.29 is 0 Å². The molecule has 0 aliphatic carbocycles. The third-order valence-corrected chi connectivity index (χ3v) is 2.37. The molecule has 2 rings (SSSR count). The molecule has 0 atom stereocenters.